The Labute approximate surface area is 172 Å². The lowest BCUT2D eigenvalue weighted by molar-refractivity contribution is -0.0165. The van der Waals surface area contributed by atoms with Gasteiger partial charge in [-0.05, 0) is 27.7 Å². The first kappa shape index (κ1) is 22.6. The number of thiazole rings is 1. The topological polar surface area (TPSA) is 61.8 Å². The molecule has 8 heteroatoms. The van der Waals surface area contributed by atoms with Crippen LogP contribution in [0.15, 0.2) is 10.4 Å². The van der Waals surface area contributed by atoms with Gasteiger partial charge in [0.2, 0.25) is 0 Å². The van der Waals surface area contributed by atoms with Crippen molar-refractivity contribution >= 4 is 41.3 Å². The van der Waals surface area contributed by atoms with Gasteiger partial charge in [0.05, 0.1) is 30.5 Å². The Bertz CT molecular complexity index is 525. The molecule has 0 bridgehead atoms. The van der Waals surface area contributed by atoms with Gasteiger partial charge in [-0.1, -0.05) is 0 Å². The molecule has 0 aliphatic carbocycles. The molecule has 0 spiro atoms. The van der Waals surface area contributed by atoms with Gasteiger partial charge >= 0.3 is 0 Å². The normalized spacial score (nSPS) is 20.0. The second kappa shape index (κ2) is 12.0. The minimum absolute atomic E-state index is 0. The van der Waals surface area contributed by atoms with E-state index in [9.17, 15) is 0 Å². The fraction of sp³-hybridized carbons (Fsp3) is 0.765. The van der Waals surface area contributed by atoms with Gasteiger partial charge < -0.3 is 15.4 Å². The maximum absolute atomic E-state index is 5.52. The summed E-state index contributed by atoms with van der Waals surface area (Å²) in [5, 5.41) is 9.98. The van der Waals surface area contributed by atoms with E-state index < -0.39 is 0 Å². The highest BCUT2D eigenvalue weighted by atomic mass is 127. The van der Waals surface area contributed by atoms with Gasteiger partial charge in [-0.3, -0.25) is 9.89 Å². The van der Waals surface area contributed by atoms with Gasteiger partial charge in [-0.25, -0.2) is 4.98 Å². The van der Waals surface area contributed by atoms with Crippen molar-refractivity contribution in [2.24, 2.45) is 4.99 Å². The van der Waals surface area contributed by atoms with Gasteiger partial charge in [0.15, 0.2) is 5.96 Å². The average Bonchev–Trinajstić information content (AvgIpc) is 2.98. The fourth-order valence-electron chi connectivity index (χ4n) is 2.90. The van der Waals surface area contributed by atoms with E-state index in [4.69, 9.17) is 9.73 Å². The Morgan fingerprint density at radius 2 is 2.32 bits per heavy atom. The van der Waals surface area contributed by atoms with E-state index in [1.54, 1.807) is 11.3 Å². The number of rotatable bonds is 7. The van der Waals surface area contributed by atoms with Crippen molar-refractivity contribution in [2.45, 2.75) is 46.2 Å². The third kappa shape index (κ3) is 7.76. The highest BCUT2D eigenvalue weighted by Gasteiger charge is 2.23. The maximum atomic E-state index is 5.52. The predicted octanol–water partition coefficient (Wildman–Crippen LogP) is 2.28. The van der Waals surface area contributed by atoms with E-state index in [2.05, 4.69) is 46.7 Å². The summed E-state index contributed by atoms with van der Waals surface area (Å²) in [4.78, 5) is 11.7. The number of aryl methyl sites for hydroxylation is 1. The van der Waals surface area contributed by atoms with Crippen LogP contribution in [0.5, 0.6) is 0 Å². The monoisotopic (exact) mass is 481 g/mol. The van der Waals surface area contributed by atoms with Crippen LogP contribution in [0.25, 0.3) is 0 Å². The van der Waals surface area contributed by atoms with E-state index in [1.165, 1.54) is 0 Å². The SMILES string of the molecule is CCNC(=NCC(C)N1CCOCC1C)NCCc1csc(C)n1.I. The number of halogens is 1. The molecule has 1 aliphatic rings. The van der Waals surface area contributed by atoms with Gasteiger partial charge in [0.25, 0.3) is 0 Å². The molecule has 1 saturated heterocycles. The number of ether oxygens (including phenoxy) is 1. The van der Waals surface area contributed by atoms with E-state index >= 15 is 0 Å². The first-order valence-corrected chi connectivity index (χ1v) is 9.74. The van der Waals surface area contributed by atoms with Gasteiger partial charge in [-0.2, -0.15) is 0 Å². The Hall–Kier alpha value is -0.450. The van der Waals surface area contributed by atoms with Crippen molar-refractivity contribution in [1.82, 2.24) is 20.5 Å². The summed E-state index contributed by atoms with van der Waals surface area (Å²) in [5.74, 6) is 0.886. The average molecular weight is 481 g/mol. The Morgan fingerprint density at radius 3 is 2.96 bits per heavy atom. The standard InChI is InChI=1S/C17H31N5OS.HI/c1-5-18-17(19-7-6-16-12-24-15(4)21-16)20-10-13(2)22-8-9-23-11-14(22)3;/h12-14H,5-11H2,1-4H3,(H2,18,19,20);1H. The number of aromatic nitrogens is 1. The molecule has 2 unspecified atom stereocenters. The lowest BCUT2D eigenvalue weighted by Crippen LogP contribution is -2.49. The molecule has 1 fully saturated rings. The molecule has 144 valence electrons. The van der Waals surface area contributed by atoms with Crippen LogP contribution in [-0.4, -0.2) is 67.3 Å². The number of hydrogen-bond acceptors (Lipinski definition) is 5. The molecule has 2 heterocycles. The zero-order chi connectivity index (χ0) is 17.4. The number of morpholine rings is 1. The highest BCUT2D eigenvalue weighted by Crippen LogP contribution is 2.11. The minimum Gasteiger partial charge on any atom is -0.379 e. The van der Waals surface area contributed by atoms with Crippen molar-refractivity contribution in [2.75, 3.05) is 39.4 Å². The number of hydrogen-bond donors (Lipinski definition) is 2. The summed E-state index contributed by atoms with van der Waals surface area (Å²) >= 11 is 1.70. The highest BCUT2D eigenvalue weighted by molar-refractivity contribution is 14.0. The van der Waals surface area contributed by atoms with Crippen molar-refractivity contribution in [3.8, 4) is 0 Å². The number of aliphatic imine (C=N–C) groups is 1. The van der Waals surface area contributed by atoms with Crippen LogP contribution < -0.4 is 10.6 Å². The van der Waals surface area contributed by atoms with Crippen LogP contribution in [0.2, 0.25) is 0 Å². The van der Waals surface area contributed by atoms with Gasteiger partial charge in [0.1, 0.15) is 0 Å². The Morgan fingerprint density at radius 1 is 1.52 bits per heavy atom. The zero-order valence-electron chi connectivity index (χ0n) is 15.7. The molecule has 6 nitrogen and oxygen atoms in total. The van der Waals surface area contributed by atoms with Crippen LogP contribution in [0.1, 0.15) is 31.5 Å². The van der Waals surface area contributed by atoms with Crippen LogP contribution in [0.4, 0.5) is 0 Å². The second-order valence-electron chi connectivity index (χ2n) is 6.27. The zero-order valence-corrected chi connectivity index (χ0v) is 18.9. The number of nitrogens with one attached hydrogen (secondary N) is 2. The van der Waals surface area contributed by atoms with E-state index in [1.807, 2.05) is 6.92 Å². The molecular weight excluding hydrogens is 449 g/mol. The van der Waals surface area contributed by atoms with Crippen molar-refractivity contribution in [3.63, 3.8) is 0 Å². The number of nitrogens with zero attached hydrogens (tertiary/aromatic N) is 3. The molecule has 0 saturated carbocycles. The lowest BCUT2D eigenvalue weighted by Gasteiger charge is -2.37. The van der Waals surface area contributed by atoms with Gasteiger partial charge in [-0.15, -0.1) is 35.3 Å². The smallest absolute Gasteiger partial charge is 0.191 e. The largest absolute Gasteiger partial charge is 0.379 e. The summed E-state index contributed by atoms with van der Waals surface area (Å²) in [6.07, 6.45) is 0.921. The van der Waals surface area contributed by atoms with E-state index in [-0.39, 0.29) is 24.0 Å². The molecule has 0 amide bonds. The minimum atomic E-state index is 0. The molecule has 0 aromatic carbocycles. The number of guanidine groups is 1. The molecule has 1 aliphatic heterocycles. The van der Waals surface area contributed by atoms with Crippen molar-refractivity contribution in [1.29, 1.82) is 0 Å². The van der Waals surface area contributed by atoms with E-state index in [0.29, 0.717) is 12.1 Å². The fourth-order valence-corrected chi connectivity index (χ4v) is 3.54. The predicted molar refractivity (Wildman–Crippen MR) is 116 cm³/mol. The Kier molecular flexibility index (Phi) is 10.9. The molecule has 25 heavy (non-hydrogen) atoms. The molecule has 2 N–H and O–H groups in total. The third-order valence-electron chi connectivity index (χ3n) is 4.18. The van der Waals surface area contributed by atoms with Crippen LogP contribution in [0, 0.1) is 6.92 Å². The van der Waals surface area contributed by atoms with Crippen molar-refractivity contribution in [3.05, 3.63) is 16.1 Å². The molecule has 1 aromatic heterocycles. The van der Waals surface area contributed by atoms with E-state index in [0.717, 1.165) is 62.5 Å². The first-order valence-electron chi connectivity index (χ1n) is 8.86. The third-order valence-corrected chi connectivity index (χ3v) is 5.01. The summed E-state index contributed by atoms with van der Waals surface area (Å²) < 4.78 is 5.52. The van der Waals surface area contributed by atoms with Gasteiger partial charge in [0, 0.05) is 43.5 Å². The lowest BCUT2D eigenvalue weighted by atomic mass is 10.2. The van der Waals surface area contributed by atoms with Crippen molar-refractivity contribution < 1.29 is 4.74 Å². The quantitative estimate of drug-likeness (QED) is 0.356. The molecule has 2 rings (SSSR count). The van der Waals surface area contributed by atoms with Crippen LogP contribution in [0.3, 0.4) is 0 Å². The second-order valence-corrected chi connectivity index (χ2v) is 7.33. The first-order chi connectivity index (χ1) is 11.6. The molecular formula is C17H32IN5OS. The van der Waals surface area contributed by atoms with Crippen LogP contribution >= 0.6 is 35.3 Å². The Balaban J connectivity index is 0.00000312. The maximum Gasteiger partial charge on any atom is 0.191 e. The summed E-state index contributed by atoms with van der Waals surface area (Å²) in [6.45, 7) is 13.7. The molecule has 0 radical (unpaired) electrons. The molecule has 1 aromatic rings. The molecule has 2 atom stereocenters. The summed E-state index contributed by atoms with van der Waals surface area (Å²) in [5.41, 5.74) is 1.15. The van der Waals surface area contributed by atoms with Crippen LogP contribution in [-0.2, 0) is 11.2 Å². The summed E-state index contributed by atoms with van der Waals surface area (Å²) in [7, 11) is 0. The summed E-state index contributed by atoms with van der Waals surface area (Å²) in [6, 6.07) is 0.882.